The van der Waals surface area contributed by atoms with Crippen molar-refractivity contribution in [3.05, 3.63) is 94.5 Å². The fraction of sp³-hybridized carbons (Fsp3) is 0.160. The molecule has 0 aliphatic carbocycles. The van der Waals surface area contributed by atoms with E-state index < -0.39 is 6.04 Å². The molecule has 0 N–H and O–H groups in total. The molecule has 3 aromatic carbocycles. The van der Waals surface area contributed by atoms with Crippen LogP contribution in [0.5, 0.6) is 11.5 Å². The maximum Gasteiger partial charge on any atom is 0.266 e. The summed E-state index contributed by atoms with van der Waals surface area (Å²) in [5.41, 5.74) is 1.59. The smallest absolute Gasteiger partial charge is 0.266 e. The molecule has 2 heterocycles. The first-order valence-corrected chi connectivity index (χ1v) is 10.3. The van der Waals surface area contributed by atoms with Gasteiger partial charge in [-0.2, -0.15) is 0 Å². The van der Waals surface area contributed by atoms with Gasteiger partial charge in [-0.15, -0.1) is 0 Å². The van der Waals surface area contributed by atoms with Gasteiger partial charge in [0.15, 0.2) is 11.5 Å². The Balaban J connectivity index is 1.60. The number of hydrogen-bond acceptors (Lipinski definition) is 5. The number of aromatic nitrogens is 2. The number of fused-ring (bicyclic) bond motifs is 2. The van der Waals surface area contributed by atoms with Crippen molar-refractivity contribution in [1.82, 2.24) is 14.5 Å². The molecule has 7 heteroatoms. The van der Waals surface area contributed by atoms with Crippen LogP contribution >= 0.6 is 0 Å². The number of rotatable bonds is 4. The van der Waals surface area contributed by atoms with E-state index in [0.29, 0.717) is 39.5 Å². The van der Waals surface area contributed by atoms with Crippen molar-refractivity contribution in [1.29, 1.82) is 0 Å². The second-order valence-corrected chi connectivity index (χ2v) is 7.62. The number of carbonyl (C=O) groups excluding carboxylic acids is 1. The molecule has 5 rings (SSSR count). The number of para-hydroxylation sites is 2. The molecule has 1 atom stereocenters. The molecule has 32 heavy (non-hydrogen) atoms. The molecule has 1 unspecified atom stereocenters. The standard InChI is InChI=1S/C25H21N3O4/c1-16(27(2)24(29)17-12-13-21-22(14-17)32-15-31-21)23-26-20-11-7-6-10-19(20)25(30)28(23)18-8-4-3-5-9-18/h3-14,16H,15H2,1-2H3. The highest BCUT2D eigenvalue weighted by Crippen LogP contribution is 2.33. The Kier molecular flexibility index (Phi) is 4.86. The van der Waals surface area contributed by atoms with E-state index >= 15 is 0 Å². The number of carbonyl (C=O) groups is 1. The van der Waals surface area contributed by atoms with Crippen molar-refractivity contribution in [2.45, 2.75) is 13.0 Å². The Morgan fingerprint density at radius 1 is 1.00 bits per heavy atom. The molecule has 1 amide bonds. The first-order valence-electron chi connectivity index (χ1n) is 10.3. The molecule has 0 bridgehead atoms. The molecule has 1 aromatic heterocycles. The molecule has 160 valence electrons. The van der Waals surface area contributed by atoms with E-state index in [-0.39, 0.29) is 18.3 Å². The zero-order valence-electron chi connectivity index (χ0n) is 17.7. The number of nitrogens with zero attached hydrogens (tertiary/aromatic N) is 3. The van der Waals surface area contributed by atoms with E-state index in [1.165, 1.54) is 0 Å². The zero-order valence-corrected chi connectivity index (χ0v) is 17.7. The Morgan fingerprint density at radius 2 is 1.72 bits per heavy atom. The van der Waals surface area contributed by atoms with Crippen molar-refractivity contribution in [3.63, 3.8) is 0 Å². The lowest BCUT2D eigenvalue weighted by Crippen LogP contribution is -2.34. The molecular weight excluding hydrogens is 406 g/mol. The molecule has 1 aliphatic heterocycles. The largest absolute Gasteiger partial charge is 0.454 e. The summed E-state index contributed by atoms with van der Waals surface area (Å²) >= 11 is 0. The van der Waals surface area contributed by atoms with Crippen LogP contribution in [0.3, 0.4) is 0 Å². The number of hydrogen-bond donors (Lipinski definition) is 0. The van der Waals surface area contributed by atoms with E-state index in [1.54, 1.807) is 40.8 Å². The monoisotopic (exact) mass is 427 g/mol. The average Bonchev–Trinajstić information content (AvgIpc) is 3.31. The van der Waals surface area contributed by atoms with Crippen LogP contribution in [0.25, 0.3) is 16.6 Å². The predicted molar refractivity (Wildman–Crippen MR) is 120 cm³/mol. The summed E-state index contributed by atoms with van der Waals surface area (Å²) in [5.74, 6) is 1.43. The van der Waals surface area contributed by atoms with Crippen LogP contribution in [0.1, 0.15) is 29.1 Å². The van der Waals surface area contributed by atoms with Crippen LogP contribution < -0.4 is 15.0 Å². The highest BCUT2D eigenvalue weighted by Gasteiger charge is 2.26. The normalized spacial score (nSPS) is 13.2. The van der Waals surface area contributed by atoms with E-state index in [0.717, 1.165) is 0 Å². The summed E-state index contributed by atoms with van der Waals surface area (Å²) in [6.45, 7) is 2.00. The second kappa shape index (κ2) is 7.85. The molecule has 0 saturated heterocycles. The predicted octanol–water partition coefficient (Wildman–Crippen LogP) is 3.95. The quantitative estimate of drug-likeness (QED) is 0.493. The molecule has 0 radical (unpaired) electrons. The summed E-state index contributed by atoms with van der Waals surface area (Å²) in [4.78, 5) is 33.1. The maximum atomic E-state index is 13.4. The summed E-state index contributed by atoms with van der Waals surface area (Å²) in [5, 5.41) is 0.525. The van der Waals surface area contributed by atoms with Gasteiger partial charge in [-0.25, -0.2) is 4.98 Å². The molecule has 7 nitrogen and oxygen atoms in total. The highest BCUT2D eigenvalue weighted by atomic mass is 16.7. The SMILES string of the molecule is CC(c1nc2ccccc2c(=O)n1-c1ccccc1)N(C)C(=O)c1ccc2c(c1)OCO2. The van der Waals surface area contributed by atoms with Gasteiger partial charge < -0.3 is 14.4 Å². The van der Waals surface area contributed by atoms with Crippen molar-refractivity contribution in [3.8, 4) is 17.2 Å². The third-order valence-electron chi connectivity index (χ3n) is 5.71. The Hall–Kier alpha value is -4.13. The zero-order chi connectivity index (χ0) is 22.2. The van der Waals surface area contributed by atoms with Crippen molar-refractivity contribution >= 4 is 16.8 Å². The van der Waals surface area contributed by atoms with Crippen LogP contribution in [0, 0.1) is 0 Å². The topological polar surface area (TPSA) is 73.7 Å². The Morgan fingerprint density at radius 3 is 2.53 bits per heavy atom. The van der Waals surface area contributed by atoms with Crippen LogP contribution in [0.4, 0.5) is 0 Å². The molecular formula is C25H21N3O4. The lowest BCUT2D eigenvalue weighted by atomic mass is 10.1. The van der Waals surface area contributed by atoms with Crippen molar-refractivity contribution in [2.75, 3.05) is 13.8 Å². The fourth-order valence-corrected chi connectivity index (χ4v) is 3.84. The molecule has 0 fully saturated rings. The van der Waals surface area contributed by atoms with Gasteiger partial charge in [0.05, 0.1) is 22.6 Å². The first kappa shape index (κ1) is 19.8. The minimum absolute atomic E-state index is 0.142. The van der Waals surface area contributed by atoms with E-state index in [2.05, 4.69) is 0 Å². The van der Waals surface area contributed by atoms with Crippen molar-refractivity contribution in [2.24, 2.45) is 0 Å². The van der Waals surface area contributed by atoms with Gasteiger partial charge in [-0.05, 0) is 49.4 Å². The summed E-state index contributed by atoms with van der Waals surface area (Å²) in [6.07, 6.45) is 0. The average molecular weight is 427 g/mol. The Labute approximate surface area is 184 Å². The van der Waals surface area contributed by atoms with Crippen LogP contribution in [0.2, 0.25) is 0 Å². The van der Waals surface area contributed by atoms with E-state index in [4.69, 9.17) is 14.5 Å². The molecule has 0 saturated carbocycles. The minimum atomic E-state index is -0.481. The molecule has 1 aliphatic rings. The van der Waals surface area contributed by atoms with Crippen LogP contribution in [0.15, 0.2) is 77.6 Å². The van der Waals surface area contributed by atoms with E-state index in [9.17, 15) is 9.59 Å². The molecule has 0 spiro atoms. The summed E-state index contributed by atoms with van der Waals surface area (Å²) in [7, 11) is 1.70. The summed E-state index contributed by atoms with van der Waals surface area (Å²) in [6, 6.07) is 21.2. The van der Waals surface area contributed by atoms with Gasteiger partial charge in [0.2, 0.25) is 6.79 Å². The van der Waals surface area contributed by atoms with Crippen LogP contribution in [-0.4, -0.2) is 34.2 Å². The first-order chi connectivity index (χ1) is 15.5. The maximum absolute atomic E-state index is 13.4. The number of amides is 1. The van der Waals surface area contributed by atoms with Gasteiger partial charge in [0.1, 0.15) is 5.82 Å². The fourth-order valence-electron chi connectivity index (χ4n) is 3.84. The van der Waals surface area contributed by atoms with E-state index in [1.807, 2.05) is 55.5 Å². The lowest BCUT2D eigenvalue weighted by molar-refractivity contribution is 0.0734. The van der Waals surface area contributed by atoms with Gasteiger partial charge in [-0.1, -0.05) is 30.3 Å². The van der Waals surface area contributed by atoms with Gasteiger partial charge in [0, 0.05) is 12.6 Å². The van der Waals surface area contributed by atoms with Crippen molar-refractivity contribution < 1.29 is 14.3 Å². The highest BCUT2D eigenvalue weighted by molar-refractivity contribution is 5.95. The van der Waals surface area contributed by atoms with Crippen LogP contribution in [-0.2, 0) is 0 Å². The minimum Gasteiger partial charge on any atom is -0.454 e. The third-order valence-corrected chi connectivity index (χ3v) is 5.71. The van der Waals surface area contributed by atoms with Gasteiger partial charge in [-0.3, -0.25) is 14.2 Å². The second-order valence-electron chi connectivity index (χ2n) is 7.62. The van der Waals surface area contributed by atoms with Gasteiger partial charge >= 0.3 is 0 Å². The number of ether oxygens (including phenoxy) is 2. The third kappa shape index (κ3) is 3.28. The number of benzene rings is 3. The Bertz CT molecular complexity index is 1380. The molecule has 4 aromatic rings. The lowest BCUT2D eigenvalue weighted by Gasteiger charge is -2.27. The van der Waals surface area contributed by atoms with Gasteiger partial charge in [0.25, 0.3) is 11.5 Å². The summed E-state index contributed by atoms with van der Waals surface area (Å²) < 4.78 is 12.3.